The summed E-state index contributed by atoms with van der Waals surface area (Å²) in [6.07, 6.45) is 1.44. The normalized spacial score (nSPS) is 11.8. The molecule has 0 bridgehead atoms. The van der Waals surface area contributed by atoms with E-state index in [0.717, 1.165) is 16.0 Å². The van der Waals surface area contributed by atoms with Gasteiger partial charge in [0.05, 0.1) is 10.2 Å². The molecule has 0 aliphatic heterocycles. The third-order valence-electron chi connectivity index (χ3n) is 7.41. The fourth-order valence-corrected chi connectivity index (χ4v) is 5.77. The molecule has 1 aromatic heterocycles. The van der Waals surface area contributed by atoms with Crippen molar-refractivity contribution >= 4 is 63.7 Å². The Morgan fingerprint density at radius 3 is 2.26 bits per heavy atom. The molecule has 6 aromatic rings. The summed E-state index contributed by atoms with van der Waals surface area (Å²) in [5, 5.41) is 19.0. The zero-order valence-corrected chi connectivity index (χ0v) is 27.3. The molecule has 0 aliphatic carbocycles. The van der Waals surface area contributed by atoms with Crippen LogP contribution in [-0.2, 0) is 9.59 Å². The number of fused-ring (bicyclic) bond motifs is 1. The first-order valence-electron chi connectivity index (χ1n) is 15.4. The van der Waals surface area contributed by atoms with Crippen LogP contribution in [0.1, 0.15) is 22.8 Å². The number of nitro groups is 1. The minimum Gasteiger partial charge on any atom is -0.436 e. The topological polar surface area (TPSA) is 156 Å². The molecule has 50 heavy (non-hydrogen) atoms. The number of carbonyl (C=O) groups excluding carboxylic acids is 3. The number of thioether (sulfide) groups is 1. The van der Waals surface area contributed by atoms with E-state index in [1.165, 1.54) is 42.1 Å². The van der Waals surface area contributed by atoms with Crippen molar-refractivity contribution < 1.29 is 23.7 Å². The van der Waals surface area contributed by atoms with Crippen molar-refractivity contribution in [2.75, 3.05) is 10.6 Å². The molecule has 0 spiro atoms. The number of nitrogens with zero attached hydrogens (tertiary/aromatic N) is 2. The second-order valence-electron chi connectivity index (χ2n) is 11.0. The van der Waals surface area contributed by atoms with E-state index in [4.69, 9.17) is 4.42 Å². The third kappa shape index (κ3) is 8.30. The van der Waals surface area contributed by atoms with Crippen molar-refractivity contribution in [3.05, 3.63) is 154 Å². The summed E-state index contributed by atoms with van der Waals surface area (Å²) in [6.45, 7) is 1.78. The van der Waals surface area contributed by atoms with Crippen molar-refractivity contribution in [2.45, 2.75) is 17.1 Å². The second-order valence-corrected chi connectivity index (χ2v) is 12.4. The summed E-state index contributed by atoms with van der Waals surface area (Å²) in [5.74, 6) is -0.829. The van der Waals surface area contributed by atoms with Gasteiger partial charge in [-0.25, -0.2) is 4.98 Å². The molecule has 11 nitrogen and oxygen atoms in total. The number of non-ortho nitro benzene ring substituents is 1. The number of nitrogens with one attached hydrogen (secondary N) is 3. The molecule has 0 saturated heterocycles. The average Bonchev–Trinajstić information content (AvgIpc) is 3.57. The van der Waals surface area contributed by atoms with Crippen molar-refractivity contribution in [3.63, 3.8) is 0 Å². The second kappa shape index (κ2) is 15.1. The Morgan fingerprint density at radius 2 is 1.54 bits per heavy atom. The number of aromatic nitrogens is 1. The fraction of sp³-hybridized carbons (Fsp3) is 0.0526. The number of hydrogen-bond acceptors (Lipinski definition) is 8. The van der Waals surface area contributed by atoms with Gasteiger partial charge in [0.2, 0.25) is 11.8 Å². The van der Waals surface area contributed by atoms with Crippen molar-refractivity contribution in [2.24, 2.45) is 0 Å². The molecule has 1 unspecified atom stereocenters. The Kier molecular flexibility index (Phi) is 10.1. The number of rotatable bonds is 11. The Bertz CT molecular complexity index is 2180. The number of nitro benzene ring substituents is 1. The molecule has 6 rings (SSSR count). The van der Waals surface area contributed by atoms with Crippen LogP contribution in [0.2, 0.25) is 0 Å². The van der Waals surface area contributed by atoms with E-state index in [9.17, 15) is 24.5 Å². The summed E-state index contributed by atoms with van der Waals surface area (Å²) < 4.78 is 5.83. The first kappa shape index (κ1) is 33.4. The fourth-order valence-electron chi connectivity index (χ4n) is 4.84. The van der Waals surface area contributed by atoms with Crippen molar-refractivity contribution in [1.82, 2.24) is 10.3 Å². The van der Waals surface area contributed by atoms with Crippen LogP contribution in [0.15, 0.2) is 142 Å². The maximum Gasteiger partial charge on any atom is 0.272 e. The Labute approximate surface area is 290 Å². The van der Waals surface area contributed by atoms with Gasteiger partial charge >= 0.3 is 0 Å². The van der Waals surface area contributed by atoms with Gasteiger partial charge in [-0.05, 0) is 97.4 Å². The quantitative estimate of drug-likeness (QED) is 0.0538. The van der Waals surface area contributed by atoms with Gasteiger partial charge in [-0.15, -0.1) is 11.8 Å². The molecule has 0 fully saturated rings. The zero-order valence-electron chi connectivity index (χ0n) is 26.5. The van der Waals surface area contributed by atoms with Crippen LogP contribution in [0.3, 0.4) is 0 Å². The predicted molar refractivity (Wildman–Crippen MR) is 193 cm³/mol. The summed E-state index contributed by atoms with van der Waals surface area (Å²) in [6, 6.07) is 35.7. The number of oxazole rings is 1. The molecular weight excluding hydrogens is 655 g/mol. The minimum absolute atomic E-state index is 0.0689. The number of benzene rings is 5. The Morgan fingerprint density at radius 1 is 0.820 bits per heavy atom. The molecule has 0 radical (unpaired) electrons. The van der Waals surface area contributed by atoms with Gasteiger partial charge < -0.3 is 20.4 Å². The SMILES string of the molecule is CC(Sc1cccc(NC(=O)/C(=C\c2ccc([N+](=O)[O-])cc2)NC(=O)c2ccccc2)c1)C(=O)Nc1ccc(-c2nc3ccccc3o2)cc1. The van der Waals surface area contributed by atoms with E-state index in [0.29, 0.717) is 34.0 Å². The van der Waals surface area contributed by atoms with Crippen molar-refractivity contribution in [3.8, 4) is 11.5 Å². The number of amides is 3. The number of anilines is 2. The van der Waals surface area contributed by atoms with Gasteiger partial charge in [0.25, 0.3) is 17.5 Å². The average molecular weight is 684 g/mol. The number of para-hydroxylation sites is 2. The van der Waals surface area contributed by atoms with Crippen LogP contribution < -0.4 is 16.0 Å². The Hall–Kier alpha value is -6.53. The van der Waals surface area contributed by atoms with Crippen LogP contribution in [0.5, 0.6) is 0 Å². The van der Waals surface area contributed by atoms with Crippen LogP contribution in [0.25, 0.3) is 28.6 Å². The first-order valence-corrected chi connectivity index (χ1v) is 16.3. The van der Waals surface area contributed by atoms with Gasteiger partial charge in [0, 0.05) is 39.5 Å². The lowest BCUT2D eigenvalue weighted by atomic mass is 10.1. The predicted octanol–water partition coefficient (Wildman–Crippen LogP) is 7.93. The lowest BCUT2D eigenvalue weighted by Crippen LogP contribution is -2.30. The highest BCUT2D eigenvalue weighted by Gasteiger charge is 2.18. The van der Waals surface area contributed by atoms with Crippen molar-refractivity contribution in [1.29, 1.82) is 0 Å². The zero-order chi connectivity index (χ0) is 35.0. The summed E-state index contributed by atoms with van der Waals surface area (Å²) in [4.78, 5) is 55.3. The molecule has 3 amide bonds. The van der Waals surface area contributed by atoms with Gasteiger partial charge in [0.15, 0.2) is 5.58 Å². The van der Waals surface area contributed by atoms with E-state index < -0.39 is 22.0 Å². The molecular formula is C38H29N5O6S. The Balaban J connectivity index is 1.11. The van der Waals surface area contributed by atoms with E-state index in [-0.39, 0.29) is 17.3 Å². The van der Waals surface area contributed by atoms with E-state index >= 15 is 0 Å². The highest BCUT2D eigenvalue weighted by Crippen LogP contribution is 2.28. The van der Waals surface area contributed by atoms with Gasteiger partial charge in [-0.1, -0.05) is 36.4 Å². The number of carbonyl (C=O) groups is 3. The largest absolute Gasteiger partial charge is 0.436 e. The third-order valence-corrected chi connectivity index (χ3v) is 8.50. The van der Waals surface area contributed by atoms with Gasteiger partial charge in [-0.2, -0.15) is 0 Å². The molecule has 3 N–H and O–H groups in total. The lowest BCUT2D eigenvalue weighted by molar-refractivity contribution is -0.384. The first-order chi connectivity index (χ1) is 24.2. The van der Waals surface area contributed by atoms with Gasteiger partial charge in [-0.3, -0.25) is 24.5 Å². The highest BCUT2D eigenvalue weighted by atomic mass is 32.2. The molecule has 5 aromatic carbocycles. The van der Waals surface area contributed by atoms with Crippen LogP contribution in [0.4, 0.5) is 17.1 Å². The molecule has 0 aliphatic rings. The molecule has 1 atom stereocenters. The van der Waals surface area contributed by atoms with E-state index in [2.05, 4.69) is 20.9 Å². The van der Waals surface area contributed by atoms with Crippen LogP contribution >= 0.6 is 11.8 Å². The summed E-state index contributed by atoms with van der Waals surface area (Å²) in [7, 11) is 0. The maximum atomic E-state index is 13.5. The number of hydrogen-bond donors (Lipinski definition) is 3. The molecule has 248 valence electrons. The molecule has 0 saturated carbocycles. The van der Waals surface area contributed by atoms with Crippen LogP contribution in [0, 0.1) is 10.1 Å². The monoisotopic (exact) mass is 683 g/mol. The molecule has 12 heteroatoms. The standard InChI is InChI=1S/C38H29N5O6S/c1-24(35(44)39-28-18-16-27(17-19-28)38-42-32-12-5-6-13-34(32)49-38)50-31-11-7-10-29(23-31)40-37(46)33(41-36(45)26-8-3-2-4-9-26)22-25-14-20-30(21-15-25)43(47)48/h2-24H,1H3,(H,39,44)(H,40,46)(H,41,45)/b33-22+. The summed E-state index contributed by atoms with van der Waals surface area (Å²) >= 11 is 1.31. The molecule has 1 heterocycles. The minimum atomic E-state index is -0.609. The van der Waals surface area contributed by atoms with E-state index in [1.807, 2.05) is 42.5 Å². The van der Waals surface area contributed by atoms with Crippen LogP contribution in [-0.4, -0.2) is 32.9 Å². The smallest absolute Gasteiger partial charge is 0.272 e. The summed E-state index contributed by atoms with van der Waals surface area (Å²) in [5.41, 5.74) is 3.95. The van der Waals surface area contributed by atoms with Gasteiger partial charge in [0.1, 0.15) is 11.2 Å². The lowest BCUT2D eigenvalue weighted by Gasteiger charge is -2.14. The van der Waals surface area contributed by atoms with E-state index in [1.54, 1.807) is 67.6 Å². The highest BCUT2D eigenvalue weighted by molar-refractivity contribution is 8.00. The maximum absolute atomic E-state index is 13.5.